The van der Waals surface area contributed by atoms with Gasteiger partial charge in [-0.1, -0.05) is 27.7 Å². The summed E-state index contributed by atoms with van der Waals surface area (Å²) in [5.74, 6) is -4.67. The van der Waals surface area contributed by atoms with Gasteiger partial charge in [-0.05, 0) is 18.8 Å². The van der Waals surface area contributed by atoms with Crippen LogP contribution in [0.15, 0.2) is 0 Å². The van der Waals surface area contributed by atoms with Crippen molar-refractivity contribution in [1.82, 2.24) is 16.0 Å². The van der Waals surface area contributed by atoms with Crippen LogP contribution in [0.2, 0.25) is 0 Å². The predicted molar refractivity (Wildman–Crippen MR) is 101 cm³/mol. The van der Waals surface area contributed by atoms with Crippen LogP contribution in [-0.4, -0.2) is 58.9 Å². The summed E-state index contributed by atoms with van der Waals surface area (Å²) in [6.07, 6.45) is -0.373. The van der Waals surface area contributed by atoms with Crippen LogP contribution in [0.5, 0.6) is 0 Å². The van der Waals surface area contributed by atoms with E-state index in [0.29, 0.717) is 0 Å². The highest BCUT2D eigenvalue weighted by molar-refractivity contribution is 5.95. The SMILES string of the molecule is CC(NC(=O)C(NC(=O)C(NC(=O)C(N)CC(N)=O)C(C)C)C(C)C)C(=O)O. The molecule has 0 aromatic heterocycles. The van der Waals surface area contributed by atoms with E-state index in [2.05, 4.69) is 16.0 Å². The van der Waals surface area contributed by atoms with Crippen molar-refractivity contribution in [1.29, 1.82) is 0 Å². The molecule has 0 aliphatic heterocycles. The van der Waals surface area contributed by atoms with Crippen molar-refractivity contribution in [2.75, 3.05) is 0 Å². The van der Waals surface area contributed by atoms with Gasteiger partial charge in [-0.15, -0.1) is 0 Å². The number of carboxylic acids is 1. The Labute approximate surface area is 164 Å². The van der Waals surface area contributed by atoms with Gasteiger partial charge >= 0.3 is 5.97 Å². The molecule has 0 fully saturated rings. The van der Waals surface area contributed by atoms with Gasteiger partial charge in [0.05, 0.1) is 12.5 Å². The van der Waals surface area contributed by atoms with E-state index in [-0.39, 0.29) is 18.3 Å². The molecule has 28 heavy (non-hydrogen) atoms. The van der Waals surface area contributed by atoms with Crippen LogP contribution in [0.4, 0.5) is 0 Å². The third kappa shape index (κ3) is 8.33. The van der Waals surface area contributed by atoms with E-state index in [9.17, 15) is 24.0 Å². The minimum atomic E-state index is -1.21. The summed E-state index contributed by atoms with van der Waals surface area (Å²) < 4.78 is 0. The molecule has 0 aliphatic carbocycles. The molecule has 11 nitrogen and oxygen atoms in total. The first-order chi connectivity index (χ1) is 12.8. The topological polar surface area (TPSA) is 194 Å². The van der Waals surface area contributed by atoms with E-state index in [0.717, 1.165) is 0 Å². The Morgan fingerprint density at radius 2 is 1.18 bits per heavy atom. The van der Waals surface area contributed by atoms with Crippen molar-refractivity contribution in [2.45, 2.75) is 65.2 Å². The zero-order valence-electron chi connectivity index (χ0n) is 16.8. The molecule has 0 aromatic carbocycles. The molecule has 4 atom stereocenters. The molecule has 4 amide bonds. The van der Waals surface area contributed by atoms with E-state index < -0.39 is 53.8 Å². The first-order valence-corrected chi connectivity index (χ1v) is 8.95. The molecule has 0 aromatic rings. The van der Waals surface area contributed by atoms with Gasteiger partial charge in [0.25, 0.3) is 0 Å². The van der Waals surface area contributed by atoms with Crippen molar-refractivity contribution in [2.24, 2.45) is 23.3 Å². The molecular weight excluding hydrogens is 370 g/mol. The average Bonchev–Trinajstić information content (AvgIpc) is 2.55. The number of carboxylic acid groups (broad SMARTS) is 1. The van der Waals surface area contributed by atoms with Crippen LogP contribution in [0.1, 0.15) is 41.0 Å². The van der Waals surface area contributed by atoms with Crippen molar-refractivity contribution in [3.63, 3.8) is 0 Å². The molecule has 0 aliphatic rings. The third-order valence-corrected chi connectivity index (χ3v) is 3.98. The number of aliphatic carboxylic acids is 1. The van der Waals surface area contributed by atoms with E-state index in [4.69, 9.17) is 16.6 Å². The number of primary amides is 1. The zero-order chi connectivity index (χ0) is 22.2. The first-order valence-electron chi connectivity index (χ1n) is 8.95. The van der Waals surface area contributed by atoms with Gasteiger partial charge in [-0.3, -0.25) is 24.0 Å². The molecule has 0 heterocycles. The van der Waals surface area contributed by atoms with Crippen LogP contribution in [-0.2, 0) is 24.0 Å². The van der Waals surface area contributed by atoms with Crippen LogP contribution in [0.25, 0.3) is 0 Å². The smallest absolute Gasteiger partial charge is 0.325 e. The fourth-order valence-corrected chi connectivity index (χ4v) is 2.25. The summed E-state index contributed by atoms with van der Waals surface area (Å²) >= 11 is 0. The summed E-state index contributed by atoms with van der Waals surface area (Å²) in [6.45, 7) is 8.03. The highest BCUT2D eigenvalue weighted by Crippen LogP contribution is 2.07. The Kier molecular flexibility index (Phi) is 10.1. The largest absolute Gasteiger partial charge is 0.480 e. The minimum absolute atomic E-state index is 0.342. The maximum Gasteiger partial charge on any atom is 0.325 e. The van der Waals surface area contributed by atoms with Gasteiger partial charge in [-0.25, -0.2) is 0 Å². The summed E-state index contributed by atoms with van der Waals surface area (Å²) in [5, 5.41) is 16.2. The van der Waals surface area contributed by atoms with E-state index in [1.54, 1.807) is 27.7 Å². The predicted octanol–water partition coefficient (Wildman–Crippen LogP) is -1.94. The Bertz CT molecular complexity index is 607. The van der Waals surface area contributed by atoms with Crippen molar-refractivity contribution in [3.05, 3.63) is 0 Å². The summed E-state index contributed by atoms with van der Waals surface area (Å²) in [4.78, 5) is 58.9. The Hall–Kier alpha value is -2.69. The molecule has 0 spiro atoms. The van der Waals surface area contributed by atoms with Crippen LogP contribution in [0, 0.1) is 11.8 Å². The van der Waals surface area contributed by atoms with Crippen molar-refractivity contribution < 1.29 is 29.1 Å². The number of nitrogens with two attached hydrogens (primary N) is 2. The van der Waals surface area contributed by atoms with Gasteiger partial charge in [0.1, 0.15) is 18.1 Å². The van der Waals surface area contributed by atoms with Crippen LogP contribution < -0.4 is 27.4 Å². The molecule has 4 unspecified atom stereocenters. The number of carbonyl (C=O) groups is 5. The maximum atomic E-state index is 12.6. The molecule has 11 heteroatoms. The molecule has 0 saturated heterocycles. The van der Waals surface area contributed by atoms with Crippen molar-refractivity contribution >= 4 is 29.6 Å². The Morgan fingerprint density at radius 1 is 0.786 bits per heavy atom. The molecule has 0 rings (SSSR count). The highest BCUT2D eigenvalue weighted by atomic mass is 16.4. The van der Waals surface area contributed by atoms with E-state index in [1.165, 1.54) is 6.92 Å². The van der Waals surface area contributed by atoms with Gasteiger partial charge in [0.2, 0.25) is 23.6 Å². The molecule has 0 radical (unpaired) electrons. The highest BCUT2D eigenvalue weighted by Gasteiger charge is 2.32. The second kappa shape index (κ2) is 11.2. The average molecular weight is 401 g/mol. The number of nitrogens with one attached hydrogen (secondary N) is 3. The van der Waals surface area contributed by atoms with Crippen LogP contribution in [0.3, 0.4) is 0 Å². The lowest BCUT2D eigenvalue weighted by Gasteiger charge is -2.28. The standard InChI is InChI=1S/C17H31N5O6/c1-7(2)12(15(25)20-9(5)17(27)28)22-16(26)13(8(3)4)21-14(24)10(18)6-11(19)23/h7-10,12-13H,6,18H2,1-5H3,(H2,19,23)(H,20,25)(H,21,24)(H,22,26)(H,27,28). The van der Waals surface area contributed by atoms with Crippen LogP contribution >= 0.6 is 0 Å². The lowest BCUT2D eigenvalue weighted by atomic mass is 9.99. The maximum absolute atomic E-state index is 12.6. The van der Waals surface area contributed by atoms with E-state index >= 15 is 0 Å². The molecule has 0 saturated carbocycles. The molecular formula is C17H31N5O6. The first kappa shape index (κ1) is 25.3. The summed E-state index contributed by atoms with van der Waals surface area (Å²) in [6, 6.07) is -4.35. The Balaban J connectivity index is 5.22. The van der Waals surface area contributed by atoms with Gasteiger partial charge in [0.15, 0.2) is 0 Å². The van der Waals surface area contributed by atoms with Gasteiger partial charge in [-0.2, -0.15) is 0 Å². The quantitative estimate of drug-likeness (QED) is 0.232. The fraction of sp³-hybridized carbons (Fsp3) is 0.706. The lowest BCUT2D eigenvalue weighted by molar-refractivity contribution is -0.142. The van der Waals surface area contributed by atoms with Gasteiger partial charge in [0, 0.05) is 0 Å². The number of amides is 4. The number of rotatable bonds is 11. The number of hydrogen-bond acceptors (Lipinski definition) is 6. The summed E-state index contributed by atoms with van der Waals surface area (Å²) in [5.41, 5.74) is 10.6. The lowest BCUT2D eigenvalue weighted by Crippen LogP contribution is -2.59. The normalized spacial score (nSPS) is 15.3. The zero-order valence-corrected chi connectivity index (χ0v) is 16.8. The molecule has 0 bridgehead atoms. The number of carbonyl (C=O) groups excluding carboxylic acids is 4. The second-order valence-corrected chi connectivity index (χ2v) is 7.31. The summed E-state index contributed by atoms with van der Waals surface area (Å²) in [7, 11) is 0. The van der Waals surface area contributed by atoms with Gasteiger partial charge < -0.3 is 32.5 Å². The van der Waals surface area contributed by atoms with E-state index in [1.807, 2.05) is 0 Å². The molecule has 8 N–H and O–H groups in total. The number of hydrogen-bond donors (Lipinski definition) is 6. The second-order valence-electron chi connectivity index (χ2n) is 7.31. The molecule has 160 valence electrons. The fourth-order valence-electron chi connectivity index (χ4n) is 2.25. The van der Waals surface area contributed by atoms with Crippen molar-refractivity contribution in [3.8, 4) is 0 Å². The third-order valence-electron chi connectivity index (χ3n) is 3.98. The minimum Gasteiger partial charge on any atom is -0.480 e. The Morgan fingerprint density at radius 3 is 1.54 bits per heavy atom. The monoisotopic (exact) mass is 401 g/mol.